The predicted molar refractivity (Wildman–Crippen MR) is 57.7 cm³/mol. The van der Waals surface area contributed by atoms with Crippen LogP contribution in [-0.4, -0.2) is 5.78 Å². The first kappa shape index (κ1) is 14.1. The Morgan fingerprint density at radius 3 is 1.44 bits per heavy atom. The Morgan fingerprint density at radius 1 is 0.938 bits per heavy atom. The molecule has 0 heterocycles. The molecular weight excluding hydrogens is 202 g/mol. The minimum absolute atomic E-state index is 0.0201. The van der Waals surface area contributed by atoms with E-state index in [2.05, 4.69) is 0 Å². The molecule has 16 heavy (non-hydrogen) atoms. The molecule has 0 bridgehead atoms. The zero-order chi connectivity index (χ0) is 12.4. The van der Waals surface area contributed by atoms with Crippen LogP contribution in [0.2, 0.25) is 0 Å². The Balaban J connectivity index is 4.77. The van der Waals surface area contributed by atoms with E-state index >= 15 is 0 Å². The van der Waals surface area contributed by atoms with Crippen molar-refractivity contribution < 1.29 is 4.79 Å². The fourth-order valence-corrected chi connectivity index (χ4v) is 1.79. The molecule has 0 amide bonds. The molecule has 0 rings (SSSR count). The van der Waals surface area contributed by atoms with Gasteiger partial charge in [-0.3, -0.25) is 4.79 Å². The summed E-state index contributed by atoms with van der Waals surface area (Å²) in [6.07, 6.45) is 2.20. The first-order valence-electron chi connectivity index (χ1n) is 5.25. The van der Waals surface area contributed by atoms with E-state index < -0.39 is 5.41 Å². The van der Waals surface area contributed by atoms with Gasteiger partial charge in [-0.25, -0.2) is 0 Å². The van der Waals surface area contributed by atoms with Crippen molar-refractivity contribution in [2.75, 3.05) is 0 Å². The minimum atomic E-state index is -0.652. The van der Waals surface area contributed by atoms with Gasteiger partial charge in [-0.15, -0.1) is 0 Å². The lowest BCUT2D eigenvalue weighted by molar-refractivity contribution is -0.127. The first-order chi connectivity index (χ1) is 7.63. The van der Waals surface area contributed by atoms with Crippen molar-refractivity contribution in [3.63, 3.8) is 0 Å². The lowest BCUT2D eigenvalue weighted by atomic mass is 9.73. The fraction of sp³-hybridized carbons (Fsp3) is 0.667. The van der Waals surface area contributed by atoms with Crippen LogP contribution in [0.3, 0.4) is 0 Å². The number of carbonyl (C=O) groups is 1. The van der Waals surface area contributed by atoms with Gasteiger partial charge in [-0.1, -0.05) is 0 Å². The largest absolute Gasteiger partial charge is 0.299 e. The van der Waals surface area contributed by atoms with Gasteiger partial charge in [-0.2, -0.15) is 15.8 Å². The summed E-state index contributed by atoms with van der Waals surface area (Å²) in [5.41, 5.74) is -0.652. The highest BCUT2D eigenvalue weighted by molar-refractivity contribution is 5.82. The van der Waals surface area contributed by atoms with Crippen LogP contribution in [0.15, 0.2) is 0 Å². The number of rotatable bonds is 7. The molecular formula is C12H15N3O. The molecule has 0 N–H and O–H groups in total. The molecule has 0 aliphatic carbocycles. The first-order valence-corrected chi connectivity index (χ1v) is 5.25. The van der Waals surface area contributed by atoms with Crippen molar-refractivity contribution >= 4 is 5.78 Å². The number of Topliss-reactive ketones (excluding diaryl/α,β-unsaturated/α-hetero) is 1. The van der Waals surface area contributed by atoms with E-state index in [-0.39, 0.29) is 25.0 Å². The van der Waals surface area contributed by atoms with Crippen molar-refractivity contribution in [1.82, 2.24) is 0 Å². The molecule has 4 nitrogen and oxygen atoms in total. The summed E-state index contributed by atoms with van der Waals surface area (Å²) < 4.78 is 0. The van der Waals surface area contributed by atoms with Crippen LogP contribution in [0, 0.1) is 39.4 Å². The lowest BCUT2D eigenvalue weighted by Crippen LogP contribution is -2.29. The molecule has 84 valence electrons. The summed E-state index contributed by atoms with van der Waals surface area (Å²) in [5.74, 6) is -0.0201. The van der Waals surface area contributed by atoms with Gasteiger partial charge >= 0.3 is 0 Å². The molecule has 0 fully saturated rings. The number of nitriles is 3. The third-order valence-electron chi connectivity index (χ3n) is 2.89. The van der Waals surface area contributed by atoms with E-state index in [1.807, 2.05) is 18.2 Å². The highest BCUT2D eigenvalue weighted by atomic mass is 16.1. The molecule has 0 aromatic rings. The standard InChI is InChI=1S/C12H15N3O/c1-11(16)12(5-2-8-13,6-3-9-14)7-4-10-15/h2-7H2,1H3. The summed E-state index contributed by atoms with van der Waals surface area (Å²) in [6.45, 7) is 1.48. The Hall–Kier alpha value is -1.86. The van der Waals surface area contributed by atoms with Gasteiger partial charge in [0, 0.05) is 24.7 Å². The normalized spacial score (nSPS) is 9.88. The van der Waals surface area contributed by atoms with Crippen LogP contribution in [0.25, 0.3) is 0 Å². The van der Waals surface area contributed by atoms with E-state index in [0.29, 0.717) is 19.3 Å². The molecule has 0 aromatic carbocycles. The fourth-order valence-electron chi connectivity index (χ4n) is 1.79. The second-order valence-electron chi connectivity index (χ2n) is 3.81. The quantitative estimate of drug-likeness (QED) is 0.655. The third-order valence-corrected chi connectivity index (χ3v) is 2.89. The Labute approximate surface area is 96.1 Å². The number of hydrogen-bond acceptors (Lipinski definition) is 4. The highest BCUT2D eigenvalue weighted by Gasteiger charge is 2.33. The molecule has 0 aromatic heterocycles. The zero-order valence-corrected chi connectivity index (χ0v) is 9.49. The minimum Gasteiger partial charge on any atom is -0.299 e. The van der Waals surface area contributed by atoms with E-state index in [4.69, 9.17) is 15.8 Å². The monoisotopic (exact) mass is 217 g/mol. The van der Waals surface area contributed by atoms with Crippen LogP contribution in [0.1, 0.15) is 45.4 Å². The molecule has 0 saturated heterocycles. The van der Waals surface area contributed by atoms with Crippen molar-refractivity contribution in [2.45, 2.75) is 45.4 Å². The second kappa shape index (κ2) is 7.43. The summed E-state index contributed by atoms with van der Waals surface area (Å²) in [7, 11) is 0. The SMILES string of the molecule is CC(=O)C(CCC#N)(CCC#N)CCC#N. The van der Waals surface area contributed by atoms with Gasteiger partial charge in [0.15, 0.2) is 0 Å². The smallest absolute Gasteiger partial charge is 0.136 e. The maximum absolute atomic E-state index is 11.7. The van der Waals surface area contributed by atoms with Gasteiger partial charge in [-0.05, 0) is 26.2 Å². The molecule has 0 unspecified atom stereocenters. The van der Waals surface area contributed by atoms with Crippen molar-refractivity contribution in [2.24, 2.45) is 5.41 Å². The molecule has 0 atom stereocenters. The van der Waals surface area contributed by atoms with E-state index in [9.17, 15) is 4.79 Å². The van der Waals surface area contributed by atoms with Gasteiger partial charge < -0.3 is 0 Å². The maximum atomic E-state index is 11.7. The summed E-state index contributed by atoms with van der Waals surface area (Å²) in [5, 5.41) is 25.7. The topological polar surface area (TPSA) is 88.4 Å². The van der Waals surface area contributed by atoms with Crippen molar-refractivity contribution in [3.8, 4) is 18.2 Å². The summed E-state index contributed by atoms with van der Waals surface area (Å²) in [6, 6.07) is 6.04. The summed E-state index contributed by atoms with van der Waals surface area (Å²) >= 11 is 0. The van der Waals surface area contributed by atoms with Crippen LogP contribution < -0.4 is 0 Å². The second-order valence-corrected chi connectivity index (χ2v) is 3.81. The van der Waals surface area contributed by atoms with Crippen molar-refractivity contribution in [1.29, 1.82) is 15.8 Å². The van der Waals surface area contributed by atoms with E-state index in [0.717, 1.165) is 0 Å². The predicted octanol–water partition coefficient (Wildman–Crippen LogP) is 2.47. The van der Waals surface area contributed by atoms with Gasteiger partial charge in [0.05, 0.1) is 18.2 Å². The summed E-state index contributed by atoms with van der Waals surface area (Å²) in [4.78, 5) is 11.7. The third kappa shape index (κ3) is 4.11. The molecule has 4 heteroatoms. The number of nitrogens with zero attached hydrogens (tertiary/aromatic N) is 3. The molecule has 0 radical (unpaired) electrons. The maximum Gasteiger partial charge on any atom is 0.136 e. The van der Waals surface area contributed by atoms with E-state index in [1.165, 1.54) is 6.92 Å². The highest BCUT2D eigenvalue weighted by Crippen LogP contribution is 2.35. The number of hydrogen-bond donors (Lipinski definition) is 0. The van der Waals surface area contributed by atoms with Crippen molar-refractivity contribution in [3.05, 3.63) is 0 Å². The number of ketones is 1. The number of carbonyl (C=O) groups excluding carboxylic acids is 1. The Morgan fingerprint density at radius 2 is 1.25 bits per heavy atom. The Bertz CT molecular complexity index is 308. The van der Waals surface area contributed by atoms with Gasteiger partial charge in [0.2, 0.25) is 0 Å². The van der Waals surface area contributed by atoms with Crippen LogP contribution in [-0.2, 0) is 4.79 Å². The van der Waals surface area contributed by atoms with Gasteiger partial charge in [0.1, 0.15) is 5.78 Å². The van der Waals surface area contributed by atoms with Crippen LogP contribution >= 0.6 is 0 Å². The molecule has 0 aliphatic rings. The van der Waals surface area contributed by atoms with Crippen LogP contribution in [0.4, 0.5) is 0 Å². The molecule has 0 saturated carbocycles. The van der Waals surface area contributed by atoms with E-state index in [1.54, 1.807) is 0 Å². The average molecular weight is 217 g/mol. The average Bonchev–Trinajstić information content (AvgIpc) is 2.28. The Kier molecular flexibility index (Phi) is 6.57. The molecule has 0 spiro atoms. The molecule has 0 aliphatic heterocycles. The van der Waals surface area contributed by atoms with Crippen LogP contribution in [0.5, 0.6) is 0 Å². The zero-order valence-electron chi connectivity index (χ0n) is 9.49. The van der Waals surface area contributed by atoms with Gasteiger partial charge in [0.25, 0.3) is 0 Å². The lowest BCUT2D eigenvalue weighted by Gasteiger charge is -2.29.